The Morgan fingerprint density at radius 3 is 2.73 bits per heavy atom. The number of methoxy groups -OCH3 is 1. The van der Waals surface area contributed by atoms with E-state index in [-0.39, 0.29) is 6.54 Å². The predicted octanol–water partition coefficient (Wildman–Crippen LogP) is 1.13. The first-order chi connectivity index (χ1) is 7.10. The smallest absolute Gasteiger partial charge is 0.312 e. The molecule has 82 valence electrons. The summed E-state index contributed by atoms with van der Waals surface area (Å²) in [7, 11) is 1.55. The molecule has 4 nitrogen and oxygen atoms in total. The van der Waals surface area contributed by atoms with Gasteiger partial charge in [-0.15, -0.1) is 0 Å². The number of carbonyl (C=O) groups is 1. The number of benzene rings is 1. The number of hydrogen-bond donors (Lipinski definition) is 2. The standard InChI is InChI=1S/C11H15NO3/c1-7-3-4-8(15-2)5-9(7)10(6-12)11(13)14/h3-5,10H,6,12H2,1-2H3,(H,13,14). The molecule has 4 heteroatoms. The van der Waals surface area contributed by atoms with E-state index in [1.54, 1.807) is 19.2 Å². The normalized spacial score (nSPS) is 12.2. The molecule has 1 aromatic carbocycles. The molecule has 0 bridgehead atoms. The molecule has 0 heterocycles. The van der Waals surface area contributed by atoms with Crippen LogP contribution in [0, 0.1) is 6.92 Å². The van der Waals surface area contributed by atoms with E-state index in [9.17, 15) is 4.79 Å². The quantitative estimate of drug-likeness (QED) is 0.779. The second kappa shape index (κ2) is 4.79. The van der Waals surface area contributed by atoms with Crippen molar-refractivity contribution in [1.82, 2.24) is 0 Å². The second-order valence-electron chi connectivity index (χ2n) is 3.35. The number of aryl methyl sites for hydroxylation is 1. The van der Waals surface area contributed by atoms with E-state index in [2.05, 4.69) is 0 Å². The van der Waals surface area contributed by atoms with Crippen LogP contribution in [-0.2, 0) is 4.79 Å². The van der Waals surface area contributed by atoms with Crippen molar-refractivity contribution in [2.24, 2.45) is 5.73 Å². The van der Waals surface area contributed by atoms with Gasteiger partial charge in [-0.2, -0.15) is 0 Å². The molecule has 0 radical (unpaired) electrons. The number of carboxylic acids is 1. The second-order valence-corrected chi connectivity index (χ2v) is 3.35. The summed E-state index contributed by atoms with van der Waals surface area (Å²) in [5.41, 5.74) is 7.07. The molecule has 0 aliphatic heterocycles. The van der Waals surface area contributed by atoms with Gasteiger partial charge in [0.05, 0.1) is 13.0 Å². The summed E-state index contributed by atoms with van der Waals surface area (Å²) in [5.74, 6) is -0.927. The Kier molecular flexibility index (Phi) is 3.68. The molecule has 0 aromatic heterocycles. The predicted molar refractivity (Wildman–Crippen MR) is 57.2 cm³/mol. The number of aliphatic carboxylic acids is 1. The van der Waals surface area contributed by atoms with Crippen molar-refractivity contribution in [3.63, 3.8) is 0 Å². The fourth-order valence-electron chi connectivity index (χ4n) is 1.48. The lowest BCUT2D eigenvalue weighted by molar-refractivity contribution is -0.138. The molecule has 1 atom stereocenters. The van der Waals surface area contributed by atoms with Gasteiger partial charge in [-0.05, 0) is 30.2 Å². The minimum absolute atomic E-state index is 0.0866. The van der Waals surface area contributed by atoms with Crippen molar-refractivity contribution in [3.8, 4) is 5.75 Å². The van der Waals surface area contributed by atoms with E-state index in [1.807, 2.05) is 13.0 Å². The maximum atomic E-state index is 11.0. The van der Waals surface area contributed by atoms with E-state index in [4.69, 9.17) is 15.6 Å². The largest absolute Gasteiger partial charge is 0.497 e. The molecule has 0 saturated heterocycles. The number of rotatable bonds is 4. The number of carboxylic acid groups (broad SMARTS) is 1. The summed E-state index contributed by atoms with van der Waals surface area (Å²) in [6.45, 7) is 1.95. The summed E-state index contributed by atoms with van der Waals surface area (Å²) >= 11 is 0. The lowest BCUT2D eigenvalue weighted by Crippen LogP contribution is -2.21. The van der Waals surface area contributed by atoms with Gasteiger partial charge >= 0.3 is 5.97 Å². The van der Waals surface area contributed by atoms with Gasteiger partial charge in [0.1, 0.15) is 5.75 Å². The van der Waals surface area contributed by atoms with Crippen molar-refractivity contribution in [2.45, 2.75) is 12.8 Å². The summed E-state index contributed by atoms with van der Waals surface area (Å²) < 4.78 is 5.05. The van der Waals surface area contributed by atoms with Crippen LogP contribution in [0.1, 0.15) is 17.0 Å². The van der Waals surface area contributed by atoms with E-state index >= 15 is 0 Å². The number of ether oxygens (including phenoxy) is 1. The van der Waals surface area contributed by atoms with Crippen LogP contribution in [0.3, 0.4) is 0 Å². The van der Waals surface area contributed by atoms with Crippen LogP contribution in [0.4, 0.5) is 0 Å². The topological polar surface area (TPSA) is 72.5 Å². The highest BCUT2D eigenvalue weighted by molar-refractivity contribution is 5.77. The van der Waals surface area contributed by atoms with Crippen LogP contribution < -0.4 is 10.5 Å². The summed E-state index contributed by atoms with van der Waals surface area (Å²) in [4.78, 5) is 11.0. The molecule has 0 spiro atoms. The molecule has 1 aromatic rings. The third-order valence-electron chi connectivity index (χ3n) is 2.40. The Hall–Kier alpha value is -1.55. The third kappa shape index (κ3) is 2.47. The summed E-state index contributed by atoms with van der Waals surface area (Å²) in [6.07, 6.45) is 0. The molecule has 0 fully saturated rings. The van der Waals surface area contributed by atoms with E-state index in [1.165, 1.54) is 0 Å². The number of hydrogen-bond acceptors (Lipinski definition) is 3. The van der Waals surface area contributed by atoms with Gasteiger partial charge in [0.15, 0.2) is 0 Å². The molecule has 0 amide bonds. The van der Waals surface area contributed by atoms with E-state index < -0.39 is 11.9 Å². The van der Waals surface area contributed by atoms with E-state index in [0.29, 0.717) is 11.3 Å². The van der Waals surface area contributed by atoms with Crippen LogP contribution in [0.5, 0.6) is 5.75 Å². The van der Waals surface area contributed by atoms with Crippen LogP contribution in [0.25, 0.3) is 0 Å². The molecule has 0 aliphatic rings. The molecule has 1 unspecified atom stereocenters. The molecular formula is C11H15NO3. The first kappa shape index (κ1) is 11.5. The average Bonchev–Trinajstić information content (AvgIpc) is 2.21. The summed E-state index contributed by atoms with van der Waals surface area (Å²) in [6, 6.07) is 5.36. The van der Waals surface area contributed by atoms with Gasteiger partial charge in [-0.3, -0.25) is 4.79 Å². The van der Waals surface area contributed by atoms with Gasteiger partial charge in [0.25, 0.3) is 0 Å². The maximum absolute atomic E-state index is 11.0. The monoisotopic (exact) mass is 209 g/mol. The van der Waals surface area contributed by atoms with Crippen molar-refractivity contribution in [2.75, 3.05) is 13.7 Å². The third-order valence-corrected chi connectivity index (χ3v) is 2.40. The zero-order valence-corrected chi connectivity index (χ0v) is 8.86. The fraction of sp³-hybridized carbons (Fsp3) is 0.364. The zero-order valence-electron chi connectivity index (χ0n) is 8.86. The Labute approximate surface area is 88.7 Å². The van der Waals surface area contributed by atoms with Crippen molar-refractivity contribution in [1.29, 1.82) is 0 Å². The molecular weight excluding hydrogens is 194 g/mol. The molecule has 15 heavy (non-hydrogen) atoms. The van der Waals surface area contributed by atoms with Gasteiger partial charge in [0, 0.05) is 6.54 Å². The van der Waals surface area contributed by atoms with Gasteiger partial charge in [-0.25, -0.2) is 0 Å². The van der Waals surface area contributed by atoms with Gasteiger partial charge in [-0.1, -0.05) is 6.07 Å². The highest BCUT2D eigenvalue weighted by Gasteiger charge is 2.20. The number of nitrogens with two attached hydrogens (primary N) is 1. The van der Waals surface area contributed by atoms with E-state index in [0.717, 1.165) is 5.56 Å². The van der Waals surface area contributed by atoms with Crippen molar-refractivity contribution < 1.29 is 14.6 Å². The Morgan fingerprint density at radius 1 is 1.60 bits per heavy atom. The first-order valence-corrected chi connectivity index (χ1v) is 4.67. The summed E-state index contributed by atoms with van der Waals surface area (Å²) in [5, 5.41) is 8.99. The lowest BCUT2D eigenvalue weighted by atomic mass is 9.95. The van der Waals surface area contributed by atoms with Gasteiger partial charge in [0.2, 0.25) is 0 Å². The highest BCUT2D eigenvalue weighted by atomic mass is 16.5. The minimum Gasteiger partial charge on any atom is -0.497 e. The fourth-order valence-corrected chi connectivity index (χ4v) is 1.48. The lowest BCUT2D eigenvalue weighted by Gasteiger charge is -2.14. The van der Waals surface area contributed by atoms with Crippen LogP contribution in [-0.4, -0.2) is 24.7 Å². The van der Waals surface area contributed by atoms with Crippen LogP contribution in [0.2, 0.25) is 0 Å². The average molecular weight is 209 g/mol. The van der Waals surface area contributed by atoms with Gasteiger partial charge < -0.3 is 15.6 Å². The SMILES string of the molecule is COc1ccc(C)c(C(CN)C(=O)O)c1. The minimum atomic E-state index is -0.908. The molecule has 0 aliphatic carbocycles. The first-order valence-electron chi connectivity index (χ1n) is 4.67. The molecule has 3 N–H and O–H groups in total. The Morgan fingerprint density at radius 2 is 2.27 bits per heavy atom. The Bertz CT molecular complexity index is 363. The maximum Gasteiger partial charge on any atom is 0.312 e. The highest BCUT2D eigenvalue weighted by Crippen LogP contribution is 2.24. The molecule has 1 rings (SSSR count). The Balaban J connectivity index is 3.15. The van der Waals surface area contributed by atoms with Crippen molar-refractivity contribution >= 4 is 5.97 Å². The zero-order chi connectivity index (χ0) is 11.4. The molecule has 0 saturated carbocycles. The van der Waals surface area contributed by atoms with Crippen molar-refractivity contribution in [3.05, 3.63) is 29.3 Å². The van der Waals surface area contributed by atoms with Crippen LogP contribution in [0.15, 0.2) is 18.2 Å². The van der Waals surface area contributed by atoms with Crippen LogP contribution >= 0.6 is 0 Å².